The van der Waals surface area contributed by atoms with Gasteiger partial charge in [0.2, 0.25) is 0 Å². The lowest BCUT2D eigenvalue weighted by molar-refractivity contribution is -0.0453. The fourth-order valence-corrected chi connectivity index (χ4v) is 7.71. The van der Waals surface area contributed by atoms with E-state index in [0.29, 0.717) is 5.41 Å². The van der Waals surface area contributed by atoms with Gasteiger partial charge in [0.05, 0.1) is 0 Å². The molecule has 4 aliphatic rings. The van der Waals surface area contributed by atoms with Crippen molar-refractivity contribution in [1.29, 1.82) is 0 Å². The van der Waals surface area contributed by atoms with Gasteiger partial charge in [-0.3, -0.25) is 0 Å². The third-order valence-corrected chi connectivity index (χ3v) is 8.08. The summed E-state index contributed by atoms with van der Waals surface area (Å²) < 4.78 is 11.9. The SMILES string of the molecule is CCO[SiH](CC12CC3CC(CC(C3)C1)C2)OCC. The average Bonchev–Trinajstić information content (AvgIpc) is 2.26. The van der Waals surface area contributed by atoms with Crippen molar-refractivity contribution in [3.8, 4) is 0 Å². The molecule has 4 saturated carbocycles. The second-order valence-electron chi connectivity index (χ2n) is 6.96. The van der Waals surface area contributed by atoms with E-state index in [2.05, 4.69) is 13.8 Å². The summed E-state index contributed by atoms with van der Waals surface area (Å²) >= 11 is 0. The molecule has 0 aliphatic heterocycles. The molecule has 0 aromatic heterocycles. The summed E-state index contributed by atoms with van der Waals surface area (Å²) in [7, 11) is -1.39. The molecular formula is C15H28O2Si. The molecule has 4 aliphatic carbocycles. The van der Waals surface area contributed by atoms with Gasteiger partial charge in [0.15, 0.2) is 0 Å². The van der Waals surface area contributed by atoms with Crippen LogP contribution in [0.5, 0.6) is 0 Å². The summed E-state index contributed by atoms with van der Waals surface area (Å²) in [4.78, 5) is 0. The van der Waals surface area contributed by atoms with Crippen molar-refractivity contribution >= 4 is 9.28 Å². The topological polar surface area (TPSA) is 18.5 Å². The molecule has 104 valence electrons. The Balaban J connectivity index is 1.67. The van der Waals surface area contributed by atoms with Gasteiger partial charge < -0.3 is 8.85 Å². The minimum Gasteiger partial charge on any atom is -0.397 e. The van der Waals surface area contributed by atoms with Crippen molar-refractivity contribution in [1.82, 2.24) is 0 Å². The average molecular weight is 268 g/mol. The van der Waals surface area contributed by atoms with Crippen LogP contribution < -0.4 is 0 Å². The molecule has 18 heavy (non-hydrogen) atoms. The summed E-state index contributed by atoms with van der Waals surface area (Å²) in [6, 6.07) is 1.29. The lowest BCUT2D eigenvalue weighted by Gasteiger charge is -2.57. The van der Waals surface area contributed by atoms with E-state index in [1.165, 1.54) is 44.6 Å². The standard InChI is InChI=1S/C15H28O2Si/c1-3-16-18(17-4-2)11-15-8-12-5-13(9-15)7-14(6-12)10-15/h12-14,18H,3-11H2,1-2H3. The van der Waals surface area contributed by atoms with Crippen LogP contribution in [0, 0.1) is 23.2 Å². The van der Waals surface area contributed by atoms with Gasteiger partial charge in [-0.2, -0.15) is 0 Å². The molecule has 4 rings (SSSR count). The fourth-order valence-electron chi connectivity index (χ4n) is 5.43. The fraction of sp³-hybridized carbons (Fsp3) is 1.00. The van der Waals surface area contributed by atoms with Crippen molar-refractivity contribution < 1.29 is 8.85 Å². The summed E-state index contributed by atoms with van der Waals surface area (Å²) in [6.07, 6.45) is 9.08. The van der Waals surface area contributed by atoms with Crippen molar-refractivity contribution in [2.45, 2.75) is 58.4 Å². The molecule has 2 nitrogen and oxygen atoms in total. The smallest absolute Gasteiger partial charge is 0.321 e. The van der Waals surface area contributed by atoms with Crippen LogP contribution >= 0.6 is 0 Å². The lowest BCUT2D eigenvalue weighted by atomic mass is 9.50. The van der Waals surface area contributed by atoms with Crippen LogP contribution in [-0.2, 0) is 8.85 Å². The maximum Gasteiger partial charge on any atom is 0.321 e. The van der Waals surface area contributed by atoms with Crippen LogP contribution in [0.25, 0.3) is 0 Å². The Morgan fingerprint density at radius 1 is 0.889 bits per heavy atom. The van der Waals surface area contributed by atoms with E-state index in [-0.39, 0.29) is 0 Å². The van der Waals surface area contributed by atoms with E-state index in [1.54, 1.807) is 0 Å². The van der Waals surface area contributed by atoms with Crippen LogP contribution in [0.1, 0.15) is 52.4 Å². The van der Waals surface area contributed by atoms with Gasteiger partial charge in [-0.1, -0.05) is 0 Å². The molecule has 0 N–H and O–H groups in total. The van der Waals surface area contributed by atoms with Gasteiger partial charge in [-0.05, 0) is 81.6 Å². The minimum atomic E-state index is -1.39. The first-order valence-corrected chi connectivity index (χ1v) is 9.72. The Morgan fingerprint density at radius 2 is 1.33 bits per heavy atom. The second-order valence-corrected chi connectivity index (χ2v) is 8.90. The van der Waals surface area contributed by atoms with Gasteiger partial charge in [-0.15, -0.1) is 0 Å². The summed E-state index contributed by atoms with van der Waals surface area (Å²) in [5.74, 6) is 3.15. The number of rotatable bonds is 6. The van der Waals surface area contributed by atoms with Crippen LogP contribution in [-0.4, -0.2) is 22.5 Å². The maximum atomic E-state index is 5.94. The molecule has 4 bridgehead atoms. The molecule has 0 aromatic rings. The molecule has 0 spiro atoms. The van der Waals surface area contributed by atoms with Gasteiger partial charge in [0.1, 0.15) is 0 Å². The van der Waals surface area contributed by atoms with Gasteiger partial charge in [-0.25, -0.2) is 0 Å². The molecule has 0 atom stereocenters. The van der Waals surface area contributed by atoms with Crippen molar-refractivity contribution in [3.63, 3.8) is 0 Å². The summed E-state index contributed by atoms with van der Waals surface area (Å²) in [5, 5.41) is 0. The summed E-state index contributed by atoms with van der Waals surface area (Å²) in [6.45, 7) is 5.89. The Kier molecular flexibility index (Phi) is 3.84. The monoisotopic (exact) mass is 268 g/mol. The van der Waals surface area contributed by atoms with E-state index in [1.807, 2.05) is 0 Å². The molecule has 3 heteroatoms. The molecule has 0 unspecified atom stereocenters. The van der Waals surface area contributed by atoms with Crippen LogP contribution in [0.4, 0.5) is 0 Å². The highest BCUT2D eigenvalue weighted by Gasteiger charge is 2.51. The first-order chi connectivity index (χ1) is 8.73. The van der Waals surface area contributed by atoms with Gasteiger partial charge in [0, 0.05) is 13.2 Å². The first kappa shape index (κ1) is 13.1. The highest BCUT2D eigenvalue weighted by atomic mass is 28.3. The highest BCUT2D eigenvalue weighted by Crippen LogP contribution is 2.61. The van der Waals surface area contributed by atoms with E-state index < -0.39 is 9.28 Å². The second kappa shape index (κ2) is 5.26. The van der Waals surface area contributed by atoms with Crippen molar-refractivity contribution in [2.75, 3.05) is 13.2 Å². The van der Waals surface area contributed by atoms with Gasteiger partial charge >= 0.3 is 9.28 Å². The van der Waals surface area contributed by atoms with E-state index >= 15 is 0 Å². The summed E-state index contributed by atoms with van der Waals surface area (Å²) in [5.41, 5.74) is 0.635. The van der Waals surface area contributed by atoms with E-state index in [9.17, 15) is 0 Å². The zero-order valence-corrected chi connectivity index (χ0v) is 13.1. The Morgan fingerprint density at radius 3 is 1.72 bits per heavy atom. The molecular weight excluding hydrogens is 240 g/mol. The molecule has 0 saturated heterocycles. The van der Waals surface area contributed by atoms with Crippen LogP contribution in [0.3, 0.4) is 0 Å². The molecule has 0 radical (unpaired) electrons. The third-order valence-electron chi connectivity index (χ3n) is 5.47. The van der Waals surface area contributed by atoms with Crippen molar-refractivity contribution in [2.24, 2.45) is 23.2 Å². The predicted octanol–water partition coefficient (Wildman–Crippen LogP) is 3.50. The zero-order valence-electron chi connectivity index (χ0n) is 12.0. The Hall–Kier alpha value is 0.137. The largest absolute Gasteiger partial charge is 0.397 e. The number of hydrogen-bond donors (Lipinski definition) is 0. The van der Waals surface area contributed by atoms with Crippen molar-refractivity contribution in [3.05, 3.63) is 0 Å². The normalized spacial score (nSPS) is 41.8. The molecule has 0 heterocycles. The van der Waals surface area contributed by atoms with Gasteiger partial charge in [0.25, 0.3) is 0 Å². The Labute approximate surface area is 113 Å². The van der Waals surface area contributed by atoms with Crippen LogP contribution in [0.15, 0.2) is 0 Å². The Bertz CT molecular complexity index is 251. The van der Waals surface area contributed by atoms with Crippen LogP contribution in [0.2, 0.25) is 6.04 Å². The van der Waals surface area contributed by atoms with E-state index in [4.69, 9.17) is 8.85 Å². The lowest BCUT2D eigenvalue weighted by Crippen LogP contribution is -2.48. The maximum absolute atomic E-state index is 5.94. The minimum absolute atomic E-state index is 0.635. The third kappa shape index (κ3) is 2.54. The number of hydrogen-bond acceptors (Lipinski definition) is 2. The zero-order chi connectivity index (χ0) is 12.6. The predicted molar refractivity (Wildman–Crippen MR) is 75.8 cm³/mol. The highest BCUT2D eigenvalue weighted by molar-refractivity contribution is 6.44. The molecule has 4 fully saturated rings. The quantitative estimate of drug-likeness (QED) is 0.687. The molecule has 0 aromatic carbocycles. The first-order valence-electron chi connectivity index (χ1n) is 7.96. The molecule has 0 amide bonds. The van der Waals surface area contributed by atoms with E-state index in [0.717, 1.165) is 31.0 Å².